The average Bonchev–Trinajstić information content (AvgIpc) is 2.77. The van der Waals surface area contributed by atoms with Crippen LogP contribution >= 0.6 is 0 Å². The van der Waals surface area contributed by atoms with Gasteiger partial charge in [0.15, 0.2) is 0 Å². The van der Waals surface area contributed by atoms with Crippen molar-refractivity contribution in [2.45, 2.75) is 65.1 Å². The van der Waals surface area contributed by atoms with Crippen molar-refractivity contribution in [3.63, 3.8) is 0 Å². The second-order valence-electron chi connectivity index (χ2n) is 6.30. The molecular weight excluding hydrogens is 250 g/mol. The molecule has 0 radical (unpaired) electrons. The van der Waals surface area contributed by atoms with Gasteiger partial charge in [-0.05, 0) is 51.2 Å². The summed E-state index contributed by atoms with van der Waals surface area (Å²) in [6, 6.07) is 0.0577. The van der Waals surface area contributed by atoms with E-state index in [9.17, 15) is 4.79 Å². The molecule has 0 aromatic heterocycles. The van der Waals surface area contributed by atoms with Crippen LogP contribution in [0.1, 0.15) is 52.9 Å². The molecule has 0 bridgehead atoms. The van der Waals surface area contributed by atoms with E-state index in [0.717, 1.165) is 32.4 Å². The summed E-state index contributed by atoms with van der Waals surface area (Å²) < 4.78 is 0. The Morgan fingerprint density at radius 1 is 1.20 bits per heavy atom. The largest absolute Gasteiger partial charge is 0.326 e. The SMILES string of the molecule is CCCC1NC(CC)C(=O)N1CC1CCN(CC)CC1. The summed E-state index contributed by atoms with van der Waals surface area (Å²) in [4.78, 5) is 17.1. The van der Waals surface area contributed by atoms with Crippen LogP contribution in [0.25, 0.3) is 0 Å². The number of hydrogen-bond donors (Lipinski definition) is 1. The molecule has 0 spiro atoms. The Balaban J connectivity index is 1.90. The Morgan fingerprint density at radius 2 is 1.90 bits per heavy atom. The summed E-state index contributed by atoms with van der Waals surface area (Å²) in [6.07, 6.45) is 5.88. The fourth-order valence-electron chi connectivity index (χ4n) is 3.53. The quantitative estimate of drug-likeness (QED) is 0.809. The first-order valence-electron chi connectivity index (χ1n) is 8.48. The minimum absolute atomic E-state index is 0.0577. The van der Waals surface area contributed by atoms with Crippen molar-refractivity contribution in [3.05, 3.63) is 0 Å². The van der Waals surface area contributed by atoms with Crippen molar-refractivity contribution in [2.24, 2.45) is 5.92 Å². The highest BCUT2D eigenvalue weighted by atomic mass is 16.2. The molecule has 116 valence electrons. The molecule has 0 saturated carbocycles. The van der Waals surface area contributed by atoms with E-state index in [-0.39, 0.29) is 12.2 Å². The lowest BCUT2D eigenvalue weighted by molar-refractivity contribution is -0.131. The highest BCUT2D eigenvalue weighted by molar-refractivity contribution is 5.84. The molecular formula is C16H31N3O. The van der Waals surface area contributed by atoms with Gasteiger partial charge in [0.25, 0.3) is 0 Å². The van der Waals surface area contributed by atoms with E-state index in [1.165, 1.54) is 25.9 Å². The molecule has 2 heterocycles. The third-order valence-electron chi connectivity index (χ3n) is 4.93. The summed E-state index contributed by atoms with van der Waals surface area (Å²) in [6.45, 7) is 11.1. The van der Waals surface area contributed by atoms with Crippen molar-refractivity contribution in [3.8, 4) is 0 Å². The fourth-order valence-corrected chi connectivity index (χ4v) is 3.53. The molecule has 2 saturated heterocycles. The molecule has 4 nitrogen and oxygen atoms in total. The summed E-state index contributed by atoms with van der Waals surface area (Å²) >= 11 is 0. The van der Waals surface area contributed by atoms with E-state index in [4.69, 9.17) is 0 Å². The normalized spacial score (nSPS) is 29.4. The number of piperidine rings is 1. The topological polar surface area (TPSA) is 35.6 Å². The Morgan fingerprint density at radius 3 is 2.45 bits per heavy atom. The predicted octanol–water partition coefficient (Wildman–Crippen LogP) is 2.05. The Bertz CT molecular complexity index is 313. The monoisotopic (exact) mass is 281 g/mol. The van der Waals surface area contributed by atoms with Crippen molar-refractivity contribution in [2.75, 3.05) is 26.2 Å². The third-order valence-corrected chi connectivity index (χ3v) is 4.93. The van der Waals surface area contributed by atoms with Crippen LogP contribution < -0.4 is 5.32 Å². The van der Waals surface area contributed by atoms with Gasteiger partial charge in [-0.1, -0.05) is 27.2 Å². The zero-order valence-electron chi connectivity index (χ0n) is 13.4. The van der Waals surface area contributed by atoms with Crippen LogP contribution in [0.2, 0.25) is 0 Å². The predicted molar refractivity (Wildman–Crippen MR) is 82.5 cm³/mol. The van der Waals surface area contributed by atoms with Gasteiger partial charge < -0.3 is 9.80 Å². The molecule has 0 aromatic rings. The molecule has 2 unspecified atom stereocenters. The smallest absolute Gasteiger partial charge is 0.241 e. The van der Waals surface area contributed by atoms with Gasteiger partial charge in [0.05, 0.1) is 12.2 Å². The van der Waals surface area contributed by atoms with Gasteiger partial charge in [-0.2, -0.15) is 0 Å². The van der Waals surface area contributed by atoms with Crippen LogP contribution in [0.5, 0.6) is 0 Å². The van der Waals surface area contributed by atoms with Gasteiger partial charge >= 0.3 is 0 Å². The van der Waals surface area contributed by atoms with Gasteiger partial charge in [-0.15, -0.1) is 0 Å². The first-order valence-corrected chi connectivity index (χ1v) is 8.48. The number of likely N-dealkylation sites (tertiary alicyclic amines) is 1. The molecule has 1 N–H and O–H groups in total. The Labute approximate surface area is 123 Å². The fraction of sp³-hybridized carbons (Fsp3) is 0.938. The van der Waals surface area contributed by atoms with Crippen LogP contribution in [0.15, 0.2) is 0 Å². The number of rotatable bonds is 6. The summed E-state index contributed by atoms with van der Waals surface area (Å²) in [5.41, 5.74) is 0. The number of carbonyl (C=O) groups excluding carboxylic acids is 1. The highest BCUT2D eigenvalue weighted by Gasteiger charge is 2.38. The number of amides is 1. The van der Waals surface area contributed by atoms with Crippen LogP contribution in [-0.4, -0.2) is 54.1 Å². The lowest BCUT2D eigenvalue weighted by Gasteiger charge is -2.34. The summed E-state index contributed by atoms with van der Waals surface area (Å²) in [5.74, 6) is 1.03. The lowest BCUT2D eigenvalue weighted by Crippen LogP contribution is -2.43. The van der Waals surface area contributed by atoms with Crippen LogP contribution in [-0.2, 0) is 4.79 Å². The Kier molecular flexibility index (Phi) is 5.85. The summed E-state index contributed by atoms with van der Waals surface area (Å²) in [5, 5.41) is 3.52. The zero-order valence-corrected chi connectivity index (χ0v) is 13.4. The minimum Gasteiger partial charge on any atom is -0.326 e. The molecule has 2 aliphatic heterocycles. The maximum Gasteiger partial charge on any atom is 0.241 e. The first kappa shape index (κ1) is 15.8. The second-order valence-corrected chi connectivity index (χ2v) is 6.30. The standard InChI is InChI=1S/C16H31N3O/c1-4-7-15-17-14(5-2)16(20)19(15)12-13-8-10-18(6-3)11-9-13/h13-15,17H,4-12H2,1-3H3. The van der Waals surface area contributed by atoms with E-state index >= 15 is 0 Å². The van der Waals surface area contributed by atoms with E-state index in [1.807, 2.05) is 0 Å². The highest BCUT2D eigenvalue weighted by Crippen LogP contribution is 2.23. The number of hydrogen-bond acceptors (Lipinski definition) is 3. The first-order chi connectivity index (χ1) is 9.69. The summed E-state index contributed by atoms with van der Waals surface area (Å²) in [7, 11) is 0. The molecule has 0 aromatic carbocycles. The Hall–Kier alpha value is -0.610. The maximum absolute atomic E-state index is 12.5. The molecule has 20 heavy (non-hydrogen) atoms. The van der Waals surface area contributed by atoms with Crippen molar-refractivity contribution >= 4 is 5.91 Å². The number of carbonyl (C=O) groups is 1. The van der Waals surface area contributed by atoms with E-state index in [2.05, 4.69) is 35.9 Å². The molecule has 2 fully saturated rings. The van der Waals surface area contributed by atoms with Gasteiger partial charge in [0.2, 0.25) is 5.91 Å². The van der Waals surface area contributed by atoms with Gasteiger partial charge in [-0.25, -0.2) is 0 Å². The van der Waals surface area contributed by atoms with Crippen LogP contribution in [0.4, 0.5) is 0 Å². The van der Waals surface area contributed by atoms with Crippen molar-refractivity contribution in [1.29, 1.82) is 0 Å². The molecule has 2 atom stereocenters. The van der Waals surface area contributed by atoms with Gasteiger partial charge in [0, 0.05) is 6.54 Å². The second kappa shape index (κ2) is 7.41. The van der Waals surface area contributed by atoms with Crippen molar-refractivity contribution in [1.82, 2.24) is 15.1 Å². The van der Waals surface area contributed by atoms with Crippen LogP contribution in [0, 0.1) is 5.92 Å². The lowest BCUT2D eigenvalue weighted by atomic mass is 9.96. The van der Waals surface area contributed by atoms with Gasteiger partial charge in [-0.3, -0.25) is 10.1 Å². The molecule has 1 amide bonds. The number of nitrogens with one attached hydrogen (secondary N) is 1. The zero-order chi connectivity index (χ0) is 14.5. The molecule has 0 aliphatic carbocycles. The molecule has 2 rings (SSSR count). The third kappa shape index (κ3) is 3.53. The van der Waals surface area contributed by atoms with E-state index in [0.29, 0.717) is 11.8 Å². The maximum atomic E-state index is 12.5. The molecule has 4 heteroatoms. The average molecular weight is 281 g/mol. The van der Waals surface area contributed by atoms with E-state index < -0.39 is 0 Å². The minimum atomic E-state index is 0.0577. The number of nitrogens with zero attached hydrogens (tertiary/aromatic N) is 2. The van der Waals surface area contributed by atoms with Gasteiger partial charge in [0.1, 0.15) is 0 Å². The van der Waals surface area contributed by atoms with Crippen molar-refractivity contribution < 1.29 is 4.79 Å². The molecule has 2 aliphatic rings. The van der Waals surface area contributed by atoms with E-state index in [1.54, 1.807) is 0 Å². The van der Waals surface area contributed by atoms with Crippen LogP contribution in [0.3, 0.4) is 0 Å².